The minimum absolute atomic E-state index is 0.180. The highest BCUT2D eigenvalue weighted by molar-refractivity contribution is 7.48. The molecule has 0 N–H and O–H groups in total. The summed E-state index contributed by atoms with van der Waals surface area (Å²) in [7, 11) is -3.81. The summed E-state index contributed by atoms with van der Waals surface area (Å²) in [5, 5.41) is 0. The van der Waals surface area contributed by atoms with Crippen molar-refractivity contribution in [1.82, 2.24) is 0 Å². The number of hydrogen-bond donors (Lipinski definition) is 0. The van der Waals surface area contributed by atoms with Crippen LogP contribution < -0.4 is 0 Å². The molecule has 9 aliphatic carbocycles. The highest BCUT2D eigenvalue weighted by Gasteiger charge is 2.69. The highest BCUT2D eigenvalue weighted by atomic mass is 31.2. The van der Waals surface area contributed by atoms with Crippen LogP contribution in [-0.2, 0) is 46.6 Å². The second kappa shape index (κ2) is 10.7. The van der Waals surface area contributed by atoms with Crippen LogP contribution in [0.2, 0.25) is 0 Å². The lowest BCUT2D eigenvalue weighted by molar-refractivity contribution is -0.0492. The molecule has 12 fully saturated rings. The quantitative estimate of drug-likeness (QED) is 0.139. The summed E-state index contributed by atoms with van der Waals surface area (Å²) in [6.45, 7) is 1.71. The maximum atomic E-state index is 13.9. The van der Waals surface area contributed by atoms with Crippen LogP contribution in [0.4, 0.5) is 0 Å². The summed E-state index contributed by atoms with van der Waals surface area (Å²) in [6, 6.07) is 0. The van der Waals surface area contributed by atoms with E-state index < -0.39 is 7.82 Å². The van der Waals surface area contributed by atoms with E-state index in [1.165, 1.54) is 38.5 Å². The van der Waals surface area contributed by atoms with Gasteiger partial charge >= 0.3 is 7.82 Å². The average Bonchev–Trinajstić information content (AvgIpc) is 3.66. The molecule has 3 aliphatic heterocycles. The van der Waals surface area contributed by atoms with E-state index in [2.05, 4.69) is 0 Å². The summed E-state index contributed by atoms with van der Waals surface area (Å²) in [5.74, 6) is 8.74. The van der Waals surface area contributed by atoms with Gasteiger partial charge in [-0.2, -0.15) is 0 Å². The van der Waals surface area contributed by atoms with Gasteiger partial charge in [0.05, 0.1) is 94.6 Å². The number of phosphoric ester groups is 1. The minimum atomic E-state index is -3.81. The molecule has 9 saturated carbocycles. The first-order chi connectivity index (χ1) is 23.1. The zero-order valence-corrected chi connectivity index (χ0v) is 28.2. The largest absolute Gasteiger partial charge is 0.475 e. The Morgan fingerprint density at radius 1 is 0.426 bits per heavy atom. The van der Waals surface area contributed by atoms with E-state index in [4.69, 9.17) is 42.0 Å². The fraction of sp³-hybridized carbons (Fsp3) is 1.00. The molecule has 0 spiro atoms. The maximum Gasteiger partial charge on any atom is 0.475 e. The fourth-order valence-electron chi connectivity index (χ4n) is 14.5. The Balaban J connectivity index is 0.635. The molecule has 6 bridgehead atoms. The smallest absolute Gasteiger partial charge is 0.375 e. The van der Waals surface area contributed by atoms with E-state index >= 15 is 0 Å². The van der Waals surface area contributed by atoms with Gasteiger partial charge in [-0.25, -0.2) is 4.57 Å². The number of rotatable bonds is 15. The molecule has 0 aromatic rings. The summed E-state index contributed by atoms with van der Waals surface area (Å²) in [6.07, 6.45) is 14.8. The van der Waals surface area contributed by atoms with E-state index in [9.17, 15) is 4.57 Å². The second-order valence-corrected chi connectivity index (χ2v) is 19.4. The van der Waals surface area contributed by atoms with Crippen LogP contribution in [0.15, 0.2) is 0 Å². The molecule has 0 radical (unpaired) electrons. The van der Waals surface area contributed by atoms with E-state index in [1.807, 2.05) is 0 Å². The van der Waals surface area contributed by atoms with Gasteiger partial charge in [0, 0.05) is 0 Å². The topological polar surface area (TPSA) is 110 Å². The SMILES string of the molecule is O=P(OCCOC1CC2CC1C1C2CC2OC21)(OCCOC1CC2CC1C1C2CC2OC21)OCCOC1CC2CC1C1C2CC2OC21. The lowest BCUT2D eigenvalue weighted by Gasteiger charge is -2.33. The Bertz CT molecular complexity index is 1160. The lowest BCUT2D eigenvalue weighted by atomic mass is 9.79. The Kier molecular flexibility index (Phi) is 6.71. The molecule has 11 heteroatoms. The van der Waals surface area contributed by atoms with Crippen molar-refractivity contribution in [3.05, 3.63) is 0 Å². The first-order valence-corrected chi connectivity index (χ1v) is 20.9. The van der Waals surface area contributed by atoms with Crippen LogP contribution in [0.25, 0.3) is 0 Å². The standard InChI is InChI=1S/C36H51O10P/c37-47(41-4-1-38-25-10-16-7-22(25)31-19(16)13-28-34(31)44-28,42-5-2-39-26-11-17-8-23(26)32-20(17)14-29-35(32)45-29)43-6-3-40-27-12-18-9-24(27)33-21(18)15-30-36(33)46-30/h16-36H,1-15H2. The first kappa shape index (κ1) is 29.4. The number of ether oxygens (including phenoxy) is 6. The first-order valence-electron chi connectivity index (χ1n) is 19.4. The van der Waals surface area contributed by atoms with Crippen LogP contribution in [0.5, 0.6) is 0 Å². The van der Waals surface area contributed by atoms with Gasteiger partial charge in [-0.15, -0.1) is 0 Å². The van der Waals surface area contributed by atoms with Crippen LogP contribution >= 0.6 is 7.82 Å². The Morgan fingerprint density at radius 3 is 1.11 bits per heavy atom. The Morgan fingerprint density at radius 2 is 0.766 bits per heavy atom. The summed E-state index contributed by atoms with van der Waals surface area (Å²) in [4.78, 5) is 0. The van der Waals surface area contributed by atoms with Crippen LogP contribution in [0, 0.1) is 71.0 Å². The van der Waals surface area contributed by atoms with Crippen molar-refractivity contribution in [1.29, 1.82) is 0 Å². The molecule has 12 rings (SSSR count). The van der Waals surface area contributed by atoms with Crippen LogP contribution in [-0.4, -0.2) is 94.6 Å². The molecule has 21 unspecified atom stereocenters. The Hall–Kier alpha value is -0.130. The zero-order valence-electron chi connectivity index (χ0n) is 27.3. The summed E-state index contributed by atoms with van der Waals surface area (Å²) >= 11 is 0. The van der Waals surface area contributed by atoms with E-state index in [0.29, 0.717) is 92.0 Å². The molecule has 260 valence electrons. The fourth-order valence-corrected chi connectivity index (χ4v) is 15.6. The minimum Gasteiger partial charge on any atom is -0.375 e. The van der Waals surface area contributed by atoms with E-state index in [0.717, 1.165) is 54.8 Å². The molecule has 3 heterocycles. The van der Waals surface area contributed by atoms with Crippen molar-refractivity contribution in [3.8, 4) is 0 Å². The van der Waals surface area contributed by atoms with Crippen LogP contribution in [0.1, 0.15) is 57.8 Å². The molecule has 0 aromatic carbocycles. The van der Waals surface area contributed by atoms with Gasteiger partial charge in [0.25, 0.3) is 0 Å². The third-order valence-electron chi connectivity index (χ3n) is 16.1. The van der Waals surface area contributed by atoms with Crippen molar-refractivity contribution in [2.45, 2.75) is 113 Å². The van der Waals surface area contributed by atoms with Gasteiger partial charge < -0.3 is 28.4 Å². The van der Waals surface area contributed by atoms with E-state index in [1.54, 1.807) is 0 Å². The number of phosphoric acid groups is 1. The van der Waals surface area contributed by atoms with Gasteiger partial charge in [-0.05, 0) is 129 Å². The average molecular weight is 675 g/mol. The van der Waals surface area contributed by atoms with Crippen molar-refractivity contribution in [2.75, 3.05) is 39.6 Å². The molecular formula is C36H51O10P. The van der Waals surface area contributed by atoms with Gasteiger partial charge in [-0.1, -0.05) is 0 Å². The lowest BCUT2D eigenvalue weighted by Crippen LogP contribution is -2.34. The van der Waals surface area contributed by atoms with Crippen molar-refractivity contribution in [2.24, 2.45) is 71.0 Å². The van der Waals surface area contributed by atoms with Gasteiger partial charge in [0.1, 0.15) is 0 Å². The van der Waals surface area contributed by atoms with Crippen molar-refractivity contribution >= 4 is 7.82 Å². The summed E-state index contributed by atoms with van der Waals surface area (Å²) < 4.78 is 68.4. The molecule has 3 saturated heterocycles. The van der Waals surface area contributed by atoms with E-state index in [-0.39, 0.29) is 38.1 Å². The van der Waals surface area contributed by atoms with Gasteiger partial charge in [-0.3, -0.25) is 13.6 Å². The second-order valence-electron chi connectivity index (χ2n) is 17.7. The number of fused-ring (bicyclic) bond motifs is 21. The maximum absolute atomic E-state index is 13.9. The molecule has 0 aromatic heterocycles. The molecular weight excluding hydrogens is 623 g/mol. The molecule has 12 aliphatic rings. The predicted molar refractivity (Wildman–Crippen MR) is 164 cm³/mol. The van der Waals surface area contributed by atoms with Crippen molar-refractivity contribution < 1.29 is 46.6 Å². The Labute approximate surface area is 277 Å². The van der Waals surface area contributed by atoms with Gasteiger partial charge in [0.15, 0.2) is 0 Å². The number of hydrogen-bond acceptors (Lipinski definition) is 10. The molecule has 47 heavy (non-hydrogen) atoms. The number of epoxide rings is 3. The molecule has 10 nitrogen and oxygen atoms in total. The zero-order chi connectivity index (χ0) is 30.6. The normalized spacial score (nSPS) is 59.5. The third-order valence-corrected chi connectivity index (χ3v) is 17.6. The van der Waals surface area contributed by atoms with Crippen molar-refractivity contribution in [3.63, 3.8) is 0 Å². The monoisotopic (exact) mass is 674 g/mol. The molecule has 21 atom stereocenters. The molecule has 0 amide bonds. The summed E-state index contributed by atoms with van der Waals surface area (Å²) in [5.41, 5.74) is 0. The predicted octanol–water partition coefficient (Wildman–Crippen LogP) is 4.63. The third kappa shape index (κ3) is 4.64. The highest BCUT2D eigenvalue weighted by Crippen LogP contribution is 2.67. The van der Waals surface area contributed by atoms with Gasteiger partial charge in [0.2, 0.25) is 0 Å². The van der Waals surface area contributed by atoms with Crippen LogP contribution in [0.3, 0.4) is 0 Å².